The van der Waals surface area contributed by atoms with Crippen molar-refractivity contribution in [1.29, 1.82) is 0 Å². The molecule has 0 unspecified atom stereocenters. The maximum absolute atomic E-state index is 10.5. The van der Waals surface area contributed by atoms with Gasteiger partial charge < -0.3 is 10.6 Å². The number of amides is 2. The molecule has 0 aromatic heterocycles. The molecule has 0 aliphatic heterocycles. The molecule has 0 radical (unpaired) electrons. The average molecular weight is 198 g/mol. The molecule has 0 aromatic carbocycles. The van der Waals surface area contributed by atoms with Gasteiger partial charge in [0.15, 0.2) is 0 Å². The van der Waals surface area contributed by atoms with Crippen LogP contribution in [0.3, 0.4) is 0 Å². The molecule has 4 heteroatoms. The highest BCUT2D eigenvalue weighted by atomic mass is 16.1. The predicted octanol–water partition coefficient (Wildman–Crippen LogP) is 0.595. The van der Waals surface area contributed by atoms with Crippen LogP contribution in [0.2, 0.25) is 0 Å². The smallest absolute Gasteiger partial charge is 0.216 e. The lowest BCUT2D eigenvalue weighted by atomic mass is 10.3. The van der Waals surface area contributed by atoms with Crippen molar-refractivity contribution in [3.8, 4) is 0 Å². The molecule has 0 bridgehead atoms. The second kappa shape index (κ2) is 8.29. The van der Waals surface area contributed by atoms with Crippen molar-refractivity contribution in [2.24, 2.45) is 0 Å². The molecule has 0 fully saturated rings. The molecule has 80 valence electrons. The summed E-state index contributed by atoms with van der Waals surface area (Å²) in [5, 5.41) is 5.39. The first-order valence-corrected chi connectivity index (χ1v) is 4.77. The lowest BCUT2D eigenvalue weighted by Gasteiger charge is -1.98. The predicted molar refractivity (Wildman–Crippen MR) is 55.7 cm³/mol. The molecule has 0 saturated heterocycles. The van der Waals surface area contributed by atoms with E-state index in [1.807, 2.05) is 12.2 Å². The van der Waals surface area contributed by atoms with Crippen LogP contribution in [0.25, 0.3) is 0 Å². The fourth-order valence-corrected chi connectivity index (χ4v) is 0.899. The molecule has 14 heavy (non-hydrogen) atoms. The van der Waals surface area contributed by atoms with Crippen molar-refractivity contribution >= 4 is 11.8 Å². The standard InChI is InChI=1S/C10H18N2O2/c1-9(13)11-7-5-3-4-6-8-12-10(2)14/h3-4H,5-8H2,1-2H3,(H,11,13)(H,12,14)/b4-3+. The quantitative estimate of drug-likeness (QED) is 0.485. The largest absolute Gasteiger partial charge is 0.356 e. The number of carbonyl (C=O) groups is 2. The molecule has 2 N–H and O–H groups in total. The van der Waals surface area contributed by atoms with Crippen molar-refractivity contribution in [3.63, 3.8) is 0 Å². The highest BCUT2D eigenvalue weighted by molar-refractivity contribution is 5.73. The maximum Gasteiger partial charge on any atom is 0.216 e. The van der Waals surface area contributed by atoms with Crippen molar-refractivity contribution in [1.82, 2.24) is 10.6 Å². The third-order valence-electron chi connectivity index (χ3n) is 1.54. The number of hydrogen-bond donors (Lipinski definition) is 2. The molecule has 0 aromatic rings. The van der Waals surface area contributed by atoms with Crippen LogP contribution in [0.15, 0.2) is 12.2 Å². The minimum Gasteiger partial charge on any atom is -0.356 e. The second-order valence-electron chi connectivity index (χ2n) is 3.01. The minimum absolute atomic E-state index is 0.00311. The number of rotatable bonds is 6. The van der Waals surface area contributed by atoms with Crippen LogP contribution in [-0.2, 0) is 9.59 Å². The zero-order valence-electron chi connectivity index (χ0n) is 8.80. The Balaban J connectivity index is 3.19. The Morgan fingerprint density at radius 2 is 1.29 bits per heavy atom. The fourth-order valence-electron chi connectivity index (χ4n) is 0.899. The van der Waals surface area contributed by atoms with Gasteiger partial charge in [0.05, 0.1) is 0 Å². The van der Waals surface area contributed by atoms with E-state index in [1.165, 1.54) is 13.8 Å². The Morgan fingerprint density at radius 3 is 1.57 bits per heavy atom. The molecular formula is C10H18N2O2. The van der Waals surface area contributed by atoms with Crippen molar-refractivity contribution in [2.75, 3.05) is 13.1 Å². The summed E-state index contributed by atoms with van der Waals surface area (Å²) in [7, 11) is 0. The van der Waals surface area contributed by atoms with E-state index < -0.39 is 0 Å². The van der Waals surface area contributed by atoms with Gasteiger partial charge >= 0.3 is 0 Å². The van der Waals surface area contributed by atoms with Crippen LogP contribution in [0.5, 0.6) is 0 Å². The molecule has 0 spiro atoms. The summed E-state index contributed by atoms with van der Waals surface area (Å²) in [6.07, 6.45) is 5.66. The Hall–Kier alpha value is -1.32. The van der Waals surface area contributed by atoms with Gasteiger partial charge in [-0.15, -0.1) is 0 Å². The summed E-state index contributed by atoms with van der Waals surface area (Å²) >= 11 is 0. The van der Waals surface area contributed by atoms with Crippen LogP contribution in [0.4, 0.5) is 0 Å². The van der Waals surface area contributed by atoms with Crippen LogP contribution in [-0.4, -0.2) is 24.9 Å². The third-order valence-corrected chi connectivity index (χ3v) is 1.54. The maximum atomic E-state index is 10.5. The van der Waals surface area contributed by atoms with Gasteiger partial charge in [-0.25, -0.2) is 0 Å². The van der Waals surface area contributed by atoms with Crippen LogP contribution < -0.4 is 10.6 Å². The van der Waals surface area contributed by atoms with Gasteiger partial charge in [0.2, 0.25) is 11.8 Å². The zero-order valence-corrected chi connectivity index (χ0v) is 8.80. The Morgan fingerprint density at radius 1 is 0.929 bits per heavy atom. The van der Waals surface area contributed by atoms with E-state index in [0.717, 1.165) is 12.8 Å². The molecule has 0 aliphatic carbocycles. The van der Waals surface area contributed by atoms with Crippen molar-refractivity contribution in [3.05, 3.63) is 12.2 Å². The van der Waals surface area contributed by atoms with E-state index in [1.54, 1.807) is 0 Å². The molecule has 2 amide bonds. The van der Waals surface area contributed by atoms with Crippen LogP contribution >= 0.6 is 0 Å². The van der Waals surface area contributed by atoms with Crippen molar-refractivity contribution < 1.29 is 9.59 Å². The van der Waals surface area contributed by atoms with Crippen molar-refractivity contribution in [2.45, 2.75) is 26.7 Å². The average Bonchev–Trinajstić information content (AvgIpc) is 2.08. The first-order valence-electron chi connectivity index (χ1n) is 4.77. The second-order valence-corrected chi connectivity index (χ2v) is 3.01. The lowest BCUT2D eigenvalue weighted by molar-refractivity contribution is -0.119. The number of hydrogen-bond acceptors (Lipinski definition) is 2. The summed E-state index contributed by atoms with van der Waals surface area (Å²) in [5.41, 5.74) is 0. The van der Waals surface area contributed by atoms with E-state index in [0.29, 0.717) is 13.1 Å². The first kappa shape index (κ1) is 12.7. The third kappa shape index (κ3) is 10.7. The summed E-state index contributed by atoms with van der Waals surface area (Å²) in [5.74, 6) is -0.00621. The zero-order chi connectivity index (χ0) is 10.8. The minimum atomic E-state index is -0.00311. The number of nitrogens with one attached hydrogen (secondary N) is 2. The molecule has 0 saturated carbocycles. The van der Waals surface area contributed by atoms with Gasteiger partial charge in [-0.1, -0.05) is 12.2 Å². The van der Waals surface area contributed by atoms with Gasteiger partial charge in [-0.05, 0) is 12.8 Å². The molecular weight excluding hydrogens is 180 g/mol. The molecule has 4 nitrogen and oxygen atoms in total. The summed E-state index contributed by atoms with van der Waals surface area (Å²) in [6, 6.07) is 0. The van der Waals surface area contributed by atoms with Gasteiger partial charge in [-0.3, -0.25) is 9.59 Å². The fraction of sp³-hybridized carbons (Fsp3) is 0.600. The Labute approximate surface area is 84.8 Å². The lowest BCUT2D eigenvalue weighted by Crippen LogP contribution is -2.20. The molecule has 0 aliphatic rings. The summed E-state index contributed by atoms with van der Waals surface area (Å²) in [6.45, 7) is 4.35. The van der Waals surface area contributed by atoms with E-state index in [4.69, 9.17) is 0 Å². The van der Waals surface area contributed by atoms with E-state index >= 15 is 0 Å². The molecule has 0 atom stereocenters. The van der Waals surface area contributed by atoms with Gasteiger partial charge in [-0.2, -0.15) is 0 Å². The SMILES string of the molecule is CC(=O)NCC/C=C/CCNC(C)=O. The highest BCUT2D eigenvalue weighted by Crippen LogP contribution is 1.85. The van der Waals surface area contributed by atoms with E-state index in [-0.39, 0.29) is 11.8 Å². The number of carbonyl (C=O) groups excluding carboxylic acids is 2. The van der Waals surface area contributed by atoms with E-state index in [9.17, 15) is 9.59 Å². The Bertz CT molecular complexity index is 190. The highest BCUT2D eigenvalue weighted by Gasteiger charge is 1.88. The van der Waals surface area contributed by atoms with Crippen LogP contribution in [0, 0.1) is 0 Å². The van der Waals surface area contributed by atoms with E-state index in [2.05, 4.69) is 10.6 Å². The Kier molecular flexibility index (Phi) is 7.50. The van der Waals surface area contributed by atoms with Gasteiger partial charge in [0.25, 0.3) is 0 Å². The van der Waals surface area contributed by atoms with Gasteiger partial charge in [0.1, 0.15) is 0 Å². The topological polar surface area (TPSA) is 58.2 Å². The normalized spacial score (nSPS) is 10.1. The summed E-state index contributed by atoms with van der Waals surface area (Å²) < 4.78 is 0. The summed E-state index contributed by atoms with van der Waals surface area (Å²) in [4.78, 5) is 20.9. The molecule has 0 rings (SSSR count). The monoisotopic (exact) mass is 198 g/mol. The van der Waals surface area contributed by atoms with Crippen LogP contribution in [0.1, 0.15) is 26.7 Å². The van der Waals surface area contributed by atoms with Gasteiger partial charge in [0, 0.05) is 26.9 Å². The molecule has 0 heterocycles. The first-order chi connectivity index (χ1) is 6.63.